The molecule has 148 valence electrons. The van der Waals surface area contributed by atoms with Gasteiger partial charge in [0.25, 0.3) is 5.56 Å². The van der Waals surface area contributed by atoms with Crippen LogP contribution in [0.3, 0.4) is 0 Å². The molecule has 1 atom stereocenters. The largest absolute Gasteiger partial charge is 0.312 e. The molecule has 1 aliphatic heterocycles. The van der Waals surface area contributed by atoms with Crippen LogP contribution in [0.15, 0.2) is 59.7 Å². The molecule has 0 unspecified atom stereocenters. The predicted octanol–water partition coefficient (Wildman–Crippen LogP) is 2.64. The molecule has 0 radical (unpaired) electrons. The lowest BCUT2D eigenvalue weighted by molar-refractivity contribution is -0.123. The molecule has 4 rings (SSSR count). The van der Waals surface area contributed by atoms with E-state index in [1.54, 1.807) is 29.2 Å². The highest BCUT2D eigenvalue weighted by atomic mass is 16.2. The van der Waals surface area contributed by atoms with Crippen LogP contribution in [-0.4, -0.2) is 28.0 Å². The maximum atomic E-state index is 12.7. The van der Waals surface area contributed by atoms with E-state index in [-0.39, 0.29) is 30.3 Å². The zero-order chi connectivity index (χ0) is 20.5. The van der Waals surface area contributed by atoms with E-state index < -0.39 is 5.92 Å². The van der Waals surface area contributed by atoms with Crippen molar-refractivity contribution in [2.24, 2.45) is 5.92 Å². The van der Waals surface area contributed by atoms with E-state index in [0.717, 1.165) is 15.9 Å². The summed E-state index contributed by atoms with van der Waals surface area (Å²) in [5.41, 5.74) is 4.73. The Morgan fingerprint density at radius 2 is 1.93 bits per heavy atom. The van der Waals surface area contributed by atoms with Crippen LogP contribution in [0.1, 0.15) is 31.7 Å². The lowest BCUT2D eigenvalue weighted by Gasteiger charge is -2.18. The van der Waals surface area contributed by atoms with E-state index >= 15 is 0 Å². The van der Waals surface area contributed by atoms with E-state index in [2.05, 4.69) is 24.3 Å². The highest BCUT2D eigenvalue weighted by molar-refractivity contribution is 6.01. The molecule has 1 aromatic heterocycles. The monoisotopic (exact) mass is 390 g/mol. The fourth-order valence-electron chi connectivity index (χ4n) is 3.54. The van der Waals surface area contributed by atoms with Gasteiger partial charge in [-0.05, 0) is 35.7 Å². The zero-order valence-electron chi connectivity index (χ0n) is 16.3. The summed E-state index contributed by atoms with van der Waals surface area (Å²) >= 11 is 0. The van der Waals surface area contributed by atoms with Crippen LogP contribution >= 0.6 is 0 Å². The molecule has 7 heteroatoms. The van der Waals surface area contributed by atoms with Crippen LogP contribution in [0.5, 0.6) is 0 Å². The first-order valence-corrected chi connectivity index (χ1v) is 9.61. The molecule has 29 heavy (non-hydrogen) atoms. The van der Waals surface area contributed by atoms with E-state index in [4.69, 9.17) is 0 Å². The third-order valence-electron chi connectivity index (χ3n) is 5.24. The number of nitrogens with one attached hydrogen (secondary N) is 1. The number of para-hydroxylation sites is 1. The van der Waals surface area contributed by atoms with Gasteiger partial charge in [0.2, 0.25) is 11.8 Å². The quantitative estimate of drug-likeness (QED) is 0.742. The molecular formula is C22H22N4O3. The van der Waals surface area contributed by atoms with Crippen molar-refractivity contribution in [3.05, 3.63) is 70.8 Å². The van der Waals surface area contributed by atoms with E-state index in [1.165, 1.54) is 6.33 Å². The summed E-state index contributed by atoms with van der Waals surface area (Å²) in [6, 6.07) is 14.8. The summed E-state index contributed by atoms with van der Waals surface area (Å²) in [6.07, 6.45) is 1.40. The number of amides is 2. The Balaban J connectivity index is 1.52. The van der Waals surface area contributed by atoms with Gasteiger partial charge in [0.1, 0.15) is 6.33 Å². The van der Waals surface area contributed by atoms with Crippen molar-refractivity contribution in [3.63, 3.8) is 0 Å². The number of hydrogen-bond donors (Lipinski definition) is 1. The van der Waals surface area contributed by atoms with Gasteiger partial charge in [-0.15, -0.1) is 0 Å². The standard InChI is InChI=1S/C22H22N4O3/c1-14(2)15-6-5-7-17(10-15)25-12-16(11-20(25)27)21(28)24-26-13-23-19-9-4-3-8-18(19)22(26)29/h3-10,13-14,16H,11-12H2,1-2H3,(H,24,28)/t16-/m0/s1. The van der Waals surface area contributed by atoms with Gasteiger partial charge in [-0.2, -0.15) is 0 Å². The summed E-state index contributed by atoms with van der Waals surface area (Å²) < 4.78 is 1.08. The Labute approximate surface area is 167 Å². The summed E-state index contributed by atoms with van der Waals surface area (Å²) in [4.78, 5) is 43.6. The second-order valence-corrected chi connectivity index (χ2v) is 7.57. The van der Waals surface area contributed by atoms with Gasteiger partial charge in [0.15, 0.2) is 0 Å². The van der Waals surface area contributed by atoms with Crippen molar-refractivity contribution in [2.75, 3.05) is 16.9 Å². The Morgan fingerprint density at radius 1 is 1.14 bits per heavy atom. The highest BCUT2D eigenvalue weighted by Gasteiger charge is 2.35. The van der Waals surface area contributed by atoms with Crippen molar-refractivity contribution in [1.29, 1.82) is 0 Å². The first-order chi connectivity index (χ1) is 13.9. The van der Waals surface area contributed by atoms with E-state index in [1.807, 2.05) is 24.3 Å². The third-order valence-corrected chi connectivity index (χ3v) is 5.24. The van der Waals surface area contributed by atoms with Gasteiger partial charge in [0.05, 0.1) is 16.8 Å². The Morgan fingerprint density at radius 3 is 2.72 bits per heavy atom. The number of nitrogens with zero attached hydrogens (tertiary/aromatic N) is 3. The minimum atomic E-state index is -0.538. The molecule has 1 fully saturated rings. The van der Waals surface area contributed by atoms with Crippen LogP contribution in [0.4, 0.5) is 5.69 Å². The van der Waals surface area contributed by atoms with Crippen LogP contribution in [0.2, 0.25) is 0 Å². The first-order valence-electron chi connectivity index (χ1n) is 9.61. The second-order valence-electron chi connectivity index (χ2n) is 7.57. The van der Waals surface area contributed by atoms with Crippen LogP contribution in [0.25, 0.3) is 10.9 Å². The molecule has 0 bridgehead atoms. The van der Waals surface area contributed by atoms with Gasteiger partial charge in [-0.25, -0.2) is 9.66 Å². The summed E-state index contributed by atoms with van der Waals surface area (Å²) in [5.74, 6) is -0.669. The molecule has 0 aliphatic carbocycles. The zero-order valence-corrected chi connectivity index (χ0v) is 16.3. The number of carbonyl (C=O) groups is 2. The fourth-order valence-corrected chi connectivity index (χ4v) is 3.54. The van der Waals surface area contributed by atoms with Gasteiger partial charge >= 0.3 is 0 Å². The molecule has 0 saturated carbocycles. The SMILES string of the molecule is CC(C)c1cccc(N2C[C@@H](C(=O)Nn3cnc4ccccc4c3=O)CC2=O)c1. The molecule has 2 aromatic carbocycles. The van der Waals surface area contributed by atoms with Crippen LogP contribution in [0, 0.1) is 5.92 Å². The van der Waals surface area contributed by atoms with E-state index in [0.29, 0.717) is 16.8 Å². The highest BCUT2D eigenvalue weighted by Crippen LogP contribution is 2.28. The van der Waals surface area contributed by atoms with Crippen molar-refractivity contribution in [2.45, 2.75) is 26.2 Å². The maximum absolute atomic E-state index is 12.7. The number of carbonyl (C=O) groups excluding carboxylic acids is 2. The third kappa shape index (κ3) is 3.63. The number of rotatable bonds is 4. The Bertz CT molecular complexity index is 1150. The molecule has 2 heterocycles. The lowest BCUT2D eigenvalue weighted by atomic mass is 10.0. The number of aromatic nitrogens is 2. The van der Waals surface area contributed by atoms with Crippen molar-refractivity contribution >= 4 is 28.4 Å². The maximum Gasteiger partial charge on any atom is 0.280 e. The molecule has 1 aliphatic rings. The lowest BCUT2D eigenvalue weighted by Crippen LogP contribution is -2.37. The van der Waals surface area contributed by atoms with E-state index in [9.17, 15) is 14.4 Å². The number of hydrogen-bond acceptors (Lipinski definition) is 4. The van der Waals surface area contributed by atoms with Gasteiger partial charge in [0, 0.05) is 18.7 Å². The van der Waals surface area contributed by atoms with Gasteiger partial charge in [-0.1, -0.05) is 38.1 Å². The normalized spacial score (nSPS) is 16.6. The minimum Gasteiger partial charge on any atom is -0.312 e. The second kappa shape index (κ2) is 7.50. The molecule has 0 spiro atoms. The average molecular weight is 390 g/mol. The Kier molecular flexibility index (Phi) is 4.88. The van der Waals surface area contributed by atoms with Gasteiger partial charge < -0.3 is 4.90 Å². The smallest absolute Gasteiger partial charge is 0.280 e. The number of anilines is 1. The molecule has 7 nitrogen and oxygen atoms in total. The van der Waals surface area contributed by atoms with Crippen molar-refractivity contribution in [1.82, 2.24) is 9.66 Å². The summed E-state index contributed by atoms with van der Waals surface area (Å²) in [6.45, 7) is 4.47. The van der Waals surface area contributed by atoms with Crippen molar-refractivity contribution < 1.29 is 9.59 Å². The summed E-state index contributed by atoms with van der Waals surface area (Å²) in [7, 11) is 0. The summed E-state index contributed by atoms with van der Waals surface area (Å²) in [5, 5.41) is 0.421. The topological polar surface area (TPSA) is 84.3 Å². The minimum absolute atomic E-state index is 0.102. The average Bonchev–Trinajstić information content (AvgIpc) is 3.12. The number of benzene rings is 2. The van der Waals surface area contributed by atoms with Gasteiger partial charge in [-0.3, -0.25) is 19.8 Å². The molecule has 3 aromatic rings. The molecular weight excluding hydrogens is 368 g/mol. The molecule has 1 saturated heterocycles. The number of fused-ring (bicyclic) bond motifs is 1. The van der Waals surface area contributed by atoms with Crippen LogP contribution in [-0.2, 0) is 9.59 Å². The molecule has 1 N–H and O–H groups in total. The fraction of sp³-hybridized carbons (Fsp3) is 0.273. The van der Waals surface area contributed by atoms with Crippen LogP contribution < -0.4 is 15.9 Å². The Hall–Kier alpha value is -3.48. The predicted molar refractivity (Wildman–Crippen MR) is 111 cm³/mol. The van der Waals surface area contributed by atoms with Crippen molar-refractivity contribution in [3.8, 4) is 0 Å². The molecule has 2 amide bonds. The first kappa shape index (κ1) is 18.9.